The number of carbonyl (C=O) groups excluding carboxylic acids is 2. The van der Waals surface area contributed by atoms with Gasteiger partial charge in [-0.3, -0.25) is 19.4 Å². The quantitative estimate of drug-likeness (QED) is 0.765. The molecule has 0 bridgehead atoms. The van der Waals surface area contributed by atoms with Crippen LogP contribution in [-0.4, -0.2) is 61.0 Å². The van der Waals surface area contributed by atoms with Gasteiger partial charge in [0.2, 0.25) is 0 Å². The smallest absolute Gasteiger partial charge is 0.261 e. The molecule has 0 saturated carbocycles. The molecule has 0 unspecified atom stereocenters. The van der Waals surface area contributed by atoms with Crippen molar-refractivity contribution in [1.29, 1.82) is 0 Å². The van der Waals surface area contributed by atoms with E-state index in [1.807, 2.05) is 7.05 Å². The Morgan fingerprint density at radius 2 is 1.80 bits per heavy atom. The van der Waals surface area contributed by atoms with Crippen LogP contribution in [0.4, 0.5) is 0 Å². The highest BCUT2D eigenvalue weighted by molar-refractivity contribution is 6.21. The summed E-state index contributed by atoms with van der Waals surface area (Å²) in [5.74, 6) is -0.390. The zero-order chi connectivity index (χ0) is 13.4. The van der Waals surface area contributed by atoms with Crippen molar-refractivity contribution in [2.24, 2.45) is 0 Å². The van der Waals surface area contributed by atoms with E-state index >= 15 is 0 Å². The Labute approximate surface area is 123 Å². The third-order valence-corrected chi connectivity index (χ3v) is 3.79. The summed E-state index contributed by atoms with van der Waals surface area (Å²) in [4.78, 5) is 27.9. The summed E-state index contributed by atoms with van der Waals surface area (Å²) < 4.78 is 5.42. The standard InChI is InChI=1S/C14H16N2O3.ClH/c1-15-6-7-19-9-10(15)8-16-13(17)11-4-2-3-5-12(11)14(16)18;/h2-5,10H,6-9H2,1H3;1H/t10-;/m0./s1. The molecule has 1 aromatic carbocycles. The van der Waals surface area contributed by atoms with Crippen molar-refractivity contribution in [2.45, 2.75) is 6.04 Å². The van der Waals surface area contributed by atoms with Crippen LogP contribution in [0.15, 0.2) is 24.3 Å². The first-order valence-corrected chi connectivity index (χ1v) is 6.41. The molecule has 1 atom stereocenters. The van der Waals surface area contributed by atoms with Crippen molar-refractivity contribution < 1.29 is 14.3 Å². The molecule has 6 heteroatoms. The Balaban J connectivity index is 0.00000147. The van der Waals surface area contributed by atoms with Gasteiger partial charge in [-0.1, -0.05) is 12.1 Å². The highest BCUT2D eigenvalue weighted by atomic mass is 35.5. The van der Waals surface area contributed by atoms with Gasteiger partial charge in [-0.05, 0) is 19.2 Å². The number of ether oxygens (including phenoxy) is 1. The molecule has 2 aliphatic rings. The summed E-state index contributed by atoms with van der Waals surface area (Å²) in [6.45, 7) is 2.48. The van der Waals surface area contributed by atoms with Crippen LogP contribution in [0.1, 0.15) is 20.7 Å². The maximum atomic E-state index is 12.2. The van der Waals surface area contributed by atoms with Crippen molar-refractivity contribution in [3.63, 3.8) is 0 Å². The number of nitrogens with zero attached hydrogens (tertiary/aromatic N) is 2. The first kappa shape index (κ1) is 15.0. The Morgan fingerprint density at radius 3 is 2.35 bits per heavy atom. The van der Waals surface area contributed by atoms with Crippen LogP contribution in [0.3, 0.4) is 0 Å². The number of rotatable bonds is 2. The topological polar surface area (TPSA) is 49.9 Å². The van der Waals surface area contributed by atoms with Gasteiger partial charge in [0.05, 0.1) is 30.4 Å². The zero-order valence-corrected chi connectivity index (χ0v) is 12.1. The second-order valence-corrected chi connectivity index (χ2v) is 4.98. The van der Waals surface area contributed by atoms with Crippen molar-refractivity contribution in [1.82, 2.24) is 9.80 Å². The van der Waals surface area contributed by atoms with Gasteiger partial charge in [-0.15, -0.1) is 12.4 Å². The molecular weight excluding hydrogens is 280 g/mol. The van der Waals surface area contributed by atoms with Gasteiger partial charge in [0.25, 0.3) is 11.8 Å². The molecule has 5 nitrogen and oxygen atoms in total. The number of morpholine rings is 1. The van der Waals surface area contributed by atoms with Gasteiger partial charge in [-0.2, -0.15) is 0 Å². The lowest BCUT2D eigenvalue weighted by molar-refractivity contribution is -0.00384. The molecule has 2 aliphatic heterocycles. The molecule has 0 spiro atoms. The molecule has 1 aromatic rings. The van der Waals surface area contributed by atoms with E-state index in [1.54, 1.807) is 24.3 Å². The maximum absolute atomic E-state index is 12.2. The number of hydrogen-bond acceptors (Lipinski definition) is 4. The lowest BCUT2D eigenvalue weighted by Gasteiger charge is -2.34. The minimum absolute atomic E-state index is 0. The average molecular weight is 297 g/mol. The minimum atomic E-state index is -0.195. The molecule has 0 N–H and O–H groups in total. The van der Waals surface area contributed by atoms with Crippen LogP contribution in [0.25, 0.3) is 0 Å². The van der Waals surface area contributed by atoms with Crippen molar-refractivity contribution >= 4 is 24.2 Å². The molecular formula is C14H17ClN2O3. The molecule has 2 amide bonds. The van der Waals surface area contributed by atoms with Crippen LogP contribution < -0.4 is 0 Å². The van der Waals surface area contributed by atoms with Crippen LogP contribution in [-0.2, 0) is 4.74 Å². The summed E-state index contributed by atoms with van der Waals surface area (Å²) in [7, 11) is 1.99. The fourth-order valence-corrected chi connectivity index (χ4v) is 2.55. The van der Waals surface area contributed by atoms with E-state index in [-0.39, 0.29) is 30.3 Å². The lowest BCUT2D eigenvalue weighted by atomic mass is 10.1. The molecule has 20 heavy (non-hydrogen) atoms. The van der Waals surface area contributed by atoms with Crippen molar-refractivity contribution in [3.05, 3.63) is 35.4 Å². The molecule has 2 heterocycles. The summed E-state index contributed by atoms with van der Waals surface area (Å²) in [5.41, 5.74) is 1.01. The van der Waals surface area contributed by atoms with E-state index in [2.05, 4.69) is 4.90 Å². The van der Waals surface area contributed by atoms with Crippen molar-refractivity contribution in [2.75, 3.05) is 33.4 Å². The van der Waals surface area contributed by atoms with Gasteiger partial charge in [0, 0.05) is 13.1 Å². The van der Waals surface area contributed by atoms with Gasteiger partial charge >= 0.3 is 0 Å². The first-order chi connectivity index (χ1) is 9.18. The Bertz CT molecular complexity index is 500. The van der Waals surface area contributed by atoms with E-state index in [0.29, 0.717) is 30.9 Å². The SMILES string of the molecule is CN1CCOC[C@@H]1CN1C(=O)c2ccccc2C1=O.Cl. The molecule has 0 radical (unpaired) electrons. The summed E-state index contributed by atoms with van der Waals surface area (Å²) in [6, 6.07) is 7.05. The van der Waals surface area contributed by atoms with Gasteiger partial charge in [0.15, 0.2) is 0 Å². The number of fused-ring (bicyclic) bond motifs is 1. The fraction of sp³-hybridized carbons (Fsp3) is 0.429. The summed E-state index contributed by atoms with van der Waals surface area (Å²) in [6.07, 6.45) is 0. The van der Waals surface area contributed by atoms with E-state index in [1.165, 1.54) is 4.90 Å². The molecule has 1 saturated heterocycles. The molecule has 3 rings (SSSR count). The van der Waals surface area contributed by atoms with Crippen molar-refractivity contribution in [3.8, 4) is 0 Å². The molecule has 108 valence electrons. The third-order valence-electron chi connectivity index (χ3n) is 3.79. The number of likely N-dealkylation sites (N-methyl/N-ethyl adjacent to an activating group) is 1. The maximum Gasteiger partial charge on any atom is 0.261 e. The highest BCUT2D eigenvalue weighted by Gasteiger charge is 2.37. The Morgan fingerprint density at radius 1 is 1.20 bits per heavy atom. The van der Waals surface area contributed by atoms with Gasteiger partial charge in [0.1, 0.15) is 0 Å². The lowest BCUT2D eigenvalue weighted by Crippen LogP contribution is -2.50. The highest BCUT2D eigenvalue weighted by Crippen LogP contribution is 2.23. The molecule has 0 aromatic heterocycles. The van der Waals surface area contributed by atoms with Crippen LogP contribution in [0.5, 0.6) is 0 Å². The number of hydrogen-bond donors (Lipinski definition) is 0. The van der Waals surface area contributed by atoms with Gasteiger partial charge in [-0.25, -0.2) is 0 Å². The minimum Gasteiger partial charge on any atom is -0.378 e. The summed E-state index contributed by atoms with van der Waals surface area (Å²) >= 11 is 0. The van der Waals surface area contributed by atoms with Crippen LogP contribution in [0, 0.1) is 0 Å². The third kappa shape index (κ3) is 2.44. The predicted molar refractivity (Wildman–Crippen MR) is 76.3 cm³/mol. The van der Waals surface area contributed by atoms with E-state index in [9.17, 15) is 9.59 Å². The van der Waals surface area contributed by atoms with E-state index in [0.717, 1.165) is 6.54 Å². The Hall–Kier alpha value is -1.43. The number of carbonyl (C=O) groups is 2. The number of amides is 2. The predicted octanol–water partition coefficient (Wildman–Crippen LogP) is 1.03. The van der Waals surface area contributed by atoms with E-state index < -0.39 is 0 Å². The molecule has 1 fully saturated rings. The first-order valence-electron chi connectivity index (χ1n) is 6.41. The van der Waals surface area contributed by atoms with Crippen LogP contribution >= 0.6 is 12.4 Å². The second kappa shape index (κ2) is 5.91. The largest absolute Gasteiger partial charge is 0.378 e. The number of imide groups is 1. The second-order valence-electron chi connectivity index (χ2n) is 4.98. The van der Waals surface area contributed by atoms with Crippen LogP contribution in [0.2, 0.25) is 0 Å². The summed E-state index contributed by atoms with van der Waals surface area (Å²) in [5, 5.41) is 0. The van der Waals surface area contributed by atoms with Gasteiger partial charge < -0.3 is 4.74 Å². The van der Waals surface area contributed by atoms with E-state index in [4.69, 9.17) is 4.74 Å². The normalized spacial score (nSPS) is 22.6. The number of benzene rings is 1. The zero-order valence-electron chi connectivity index (χ0n) is 11.2. The number of halogens is 1. The fourth-order valence-electron chi connectivity index (χ4n) is 2.55. The average Bonchev–Trinajstić information content (AvgIpc) is 2.67. The Kier molecular flexibility index (Phi) is 4.42. The molecule has 0 aliphatic carbocycles. The monoisotopic (exact) mass is 296 g/mol.